The number of hydrogen-bond donors (Lipinski definition) is 0. The molecule has 0 saturated carbocycles. The second kappa shape index (κ2) is 4.56. The van der Waals surface area contributed by atoms with E-state index in [1.54, 1.807) is 0 Å². The van der Waals surface area contributed by atoms with E-state index in [4.69, 9.17) is 0 Å². The standard InChI is InChI=1S/C15H19NO2/c1-15(2,3)16-13(9-12(17)10-14(16)18)11-7-5-4-6-8-11/h4-8,13H,9-10H2,1-3H3/t13-/m0/s1. The highest BCUT2D eigenvalue weighted by Crippen LogP contribution is 2.35. The average Bonchev–Trinajstić information content (AvgIpc) is 2.27. The van der Waals surface area contributed by atoms with Gasteiger partial charge in [0, 0.05) is 12.0 Å². The van der Waals surface area contributed by atoms with Crippen molar-refractivity contribution in [2.45, 2.75) is 45.2 Å². The fourth-order valence-corrected chi connectivity index (χ4v) is 2.59. The molecule has 0 unspecified atom stereocenters. The van der Waals surface area contributed by atoms with Crippen molar-refractivity contribution in [3.05, 3.63) is 35.9 Å². The molecule has 3 nitrogen and oxygen atoms in total. The van der Waals surface area contributed by atoms with E-state index in [2.05, 4.69) is 0 Å². The molecule has 1 saturated heterocycles. The monoisotopic (exact) mass is 245 g/mol. The van der Waals surface area contributed by atoms with Gasteiger partial charge in [0.1, 0.15) is 5.78 Å². The topological polar surface area (TPSA) is 37.4 Å². The molecule has 1 aromatic rings. The van der Waals surface area contributed by atoms with E-state index in [9.17, 15) is 9.59 Å². The van der Waals surface area contributed by atoms with Crippen LogP contribution in [0, 0.1) is 0 Å². The Bertz CT molecular complexity index is 459. The van der Waals surface area contributed by atoms with Crippen molar-refractivity contribution < 1.29 is 9.59 Å². The van der Waals surface area contributed by atoms with Crippen LogP contribution >= 0.6 is 0 Å². The highest BCUT2D eigenvalue weighted by Gasteiger charge is 2.39. The van der Waals surface area contributed by atoms with E-state index in [-0.39, 0.29) is 29.7 Å². The number of ketones is 1. The van der Waals surface area contributed by atoms with Gasteiger partial charge >= 0.3 is 0 Å². The molecule has 3 heteroatoms. The van der Waals surface area contributed by atoms with Crippen molar-refractivity contribution >= 4 is 11.7 Å². The first-order chi connectivity index (χ1) is 8.39. The largest absolute Gasteiger partial charge is 0.330 e. The highest BCUT2D eigenvalue weighted by atomic mass is 16.2. The molecule has 1 atom stereocenters. The van der Waals surface area contributed by atoms with Crippen LogP contribution in [0.2, 0.25) is 0 Å². The summed E-state index contributed by atoms with van der Waals surface area (Å²) in [7, 11) is 0. The van der Waals surface area contributed by atoms with Gasteiger partial charge < -0.3 is 4.90 Å². The number of Topliss-reactive ketones (excluding diaryl/α,β-unsaturated/α-hetero) is 1. The minimum absolute atomic E-state index is 0.0364. The number of benzene rings is 1. The maximum atomic E-state index is 12.1. The minimum Gasteiger partial charge on any atom is -0.330 e. The van der Waals surface area contributed by atoms with Gasteiger partial charge in [-0.1, -0.05) is 30.3 Å². The first-order valence-electron chi connectivity index (χ1n) is 6.28. The molecule has 1 aliphatic heterocycles. The molecule has 1 fully saturated rings. The minimum atomic E-state index is -0.266. The maximum absolute atomic E-state index is 12.1. The molecule has 0 N–H and O–H groups in total. The fourth-order valence-electron chi connectivity index (χ4n) is 2.59. The third-order valence-electron chi connectivity index (χ3n) is 3.26. The van der Waals surface area contributed by atoms with Crippen LogP contribution in [-0.4, -0.2) is 22.1 Å². The van der Waals surface area contributed by atoms with Crippen LogP contribution in [0.25, 0.3) is 0 Å². The first kappa shape index (κ1) is 12.8. The van der Waals surface area contributed by atoms with Crippen molar-refractivity contribution in [2.24, 2.45) is 0 Å². The summed E-state index contributed by atoms with van der Waals surface area (Å²) in [6.07, 6.45) is 0.466. The maximum Gasteiger partial charge on any atom is 0.230 e. The molecule has 1 aromatic carbocycles. The predicted molar refractivity (Wildman–Crippen MR) is 70.0 cm³/mol. The van der Waals surface area contributed by atoms with Crippen LogP contribution in [0.3, 0.4) is 0 Å². The van der Waals surface area contributed by atoms with Crippen molar-refractivity contribution in [2.75, 3.05) is 0 Å². The summed E-state index contributed by atoms with van der Waals surface area (Å²) in [6.45, 7) is 6.03. The number of amides is 1. The highest BCUT2D eigenvalue weighted by molar-refractivity contribution is 6.01. The number of hydrogen-bond acceptors (Lipinski definition) is 2. The third kappa shape index (κ3) is 2.45. The predicted octanol–water partition coefficient (Wildman–Crippen LogP) is 2.72. The van der Waals surface area contributed by atoms with Gasteiger partial charge in [-0.25, -0.2) is 0 Å². The molecule has 96 valence electrons. The Morgan fingerprint density at radius 1 is 1.11 bits per heavy atom. The van der Waals surface area contributed by atoms with Gasteiger partial charge in [0.2, 0.25) is 5.91 Å². The normalized spacial score (nSPS) is 21.3. The van der Waals surface area contributed by atoms with Crippen molar-refractivity contribution in [3.8, 4) is 0 Å². The number of likely N-dealkylation sites (tertiary alicyclic amines) is 1. The van der Waals surface area contributed by atoms with Crippen LogP contribution in [0.15, 0.2) is 30.3 Å². The van der Waals surface area contributed by atoms with Gasteiger partial charge in [-0.2, -0.15) is 0 Å². The molecule has 0 bridgehead atoms. The summed E-state index contributed by atoms with van der Waals surface area (Å²) in [5, 5.41) is 0. The number of piperidine rings is 1. The Hall–Kier alpha value is -1.64. The number of nitrogens with zero attached hydrogens (tertiary/aromatic N) is 1. The van der Waals surface area contributed by atoms with Crippen molar-refractivity contribution in [1.82, 2.24) is 4.90 Å². The van der Waals surface area contributed by atoms with Gasteiger partial charge in [-0.05, 0) is 26.3 Å². The van der Waals surface area contributed by atoms with E-state index in [0.29, 0.717) is 6.42 Å². The van der Waals surface area contributed by atoms with E-state index >= 15 is 0 Å². The SMILES string of the molecule is CC(C)(C)N1C(=O)CC(=O)C[C@H]1c1ccccc1. The summed E-state index contributed by atoms with van der Waals surface area (Å²) < 4.78 is 0. The van der Waals surface area contributed by atoms with Crippen LogP contribution < -0.4 is 0 Å². The second-order valence-electron chi connectivity index (χ2n) is 5.78. The molecule has 0 spiro atoms. The lowest BCUT2D eigenvalue weighted by molar-refractivity contribution is -0.148. The Kier molecular flexibility index (Phi) is 3.24. The quantitative estimate of drug-likeness (QED) is 0.713. The Morgan fingerprint density at radius 2 is 1.72 bits per heavy atom. The summed E-state index contributed by atoms with van der Waals surface area (Å²) >= 11 is 0. The molecular formula is C15H19NO2. The smallest absolute Gasteiger partial charge is 0.230 e. The van der Waals surface area contributed by atoms with Crippen LogP contribution in [-0.2, 0) is 9.59 Å². The van der Waals surface area contributed by atoms with E-state index in [0.717, 1.165) is 5.56 Å². The number of carbonyl (C=O) groups is 2. The molecule has 1 heterocycles. The average molecular weight is 245 g/mol. The molecule has 0 aliphatic carbocycles. The summed E-state index contributed by atoms with van der Waals surface area (Å²) in [5.74, 6) is -0.0260. The first-order valence-corrected chi connectivity index (χ1v) is 6.28. The second-order valence-corrected chi connectivity index (χ2v) is 5.78. The molecule has 1 aliphatic rings. The lowest BCUT2D eigenvalue weighted by Gasteiger charge is -2.44. The van der Waals surface area contributed by atoms with Gasteiger partial charge in [0.15, 0.2) is 0 Å². The van der Waals surface area contributed by atoms with Gasteiger partial charge in [0.05, 0.1) is 12.5 Å². The molecule has 0 aromatic heterocycles. The Morgan fingerprint density at radius 3 is 2.28 bits per heavy atom. The Labute approximate surface area is 108 Å². The molecule has 1 amide bonds. The van der Waals surface area contributed by atoms with Crippen molar-refractivity contribution in [3.63, 3.8) is 0 Å². The number of carbonyl (C=O) groups excluding carboxylic acids is 2. The fraction of sp³-hybridized carbons (Fsp3) is 0.467. The molecule has 0 radical (unpaired) electrons. The van der Waals surface area contributed by atoms with E-state index in [1.165, 1.54) is 0 Å². The third-order valence-corrected chi connectivity index (χ3v) is 3.26. The van der Waals surface area contributed by atoms with Gasteiger partial charge in [0.25, 0.3) is 0 Å². The summed E-state index contributed by atoms with van der Waals surface area (Å²) in [6, 6.07) is 9.67. The zero-order valence-corrected chi connectivity index (χ0v) is 11.1. The van der Waals surface area contributed by atoms with E-state index in [1.807, 2.05) is 56.0 Å². The molecular weight excluding hydrogens is 226 g/mol. The molecule has 2 rings (SSSR count). The summed E-state index contributed by atoms with van der Waals surface area (Å²) in [5.41, 5.74) is 0.770. The van der Waals surface area contributed by atoms with Crippen LogP contribution in [0.5, 0.6) is 0 Å². The van der Waals surface area contributed by atoms with Gasteiger partial charge in [-0.3, -0.25) is 9.59 Å². The molecule has 18 heavy (non-hydrogen) atoms. The number of rotatable bonds is 1. The Balaban J connectivity index is 2.40. The van der Waals surface area contributed by atoms with Crippen LogP contribution in [0.1, 0.15) is 45.2 Å². The lowest BCUT2D eigenvalue weighted by Crippen LogP contribution is -2.51. The summed E-state index contributed by atoms with van der Waals surface area (Å²) in [4.78, 5) is 25.7. The van der Waals surface area contributed by atoms with Crippen molar-refractivity contribution in [1.29, 1.82) is 0 Å². The van der Waals surface area contributed by atoms with Gasteiger partial charge in [-0.15, -0.1) is 0 Å². The zero-order chi connectivity index (χ0) is 13.3. The van der Waals surface area contributed by atoms with Crippen LogP contribution in [0.4, 0.5) is 0 Å². The zero-order valence-electron chi connectivity index (χ0n) is 11.1. The lowest BCUT2D eigenvalue weighted by atomic mass is 9.89. The van der Waals surface area contributed by atoms with E-state index < -0.39 is 0 Å².